The van der Waals surface area contributed by atoms with Crippen LogP contribution in [0.4, 0.5) is 8.78 Å². The van der Waals surface area contributed by atoms with Crippen molar-refractivity contribution in [1.29, 1.82) is 0 Å². The summed E-state index contributed by atoms with van der Waals surface area (Å²) in [5.41, 5.74) is 2.11. The standard InChI is InChI=1S/C15H20F2O2/c1-9-5-11(3)14(12(4)6-9)15(16,17)8-10(2)7-13(18)19/h5-6,10H,7-8H2,1-4H3,(H,18,19). The molecule has 0 bridgehead atoms. The van der Waals surface area contributed by atoms with Crippen LogP contribution in [0.15, 0.2) is 12.1 Å². The molecule has 19 heavy (non-hydrogen) atoms. The molecule has 0 aromatic heterocycles. The van der Waals surface area contributed by atoms with Crippen molar-refractivity contribution in [2.75, 3.05) is 0 Å². The molecule has 0 saturated carbocycles. The van der Waals surface area contributed by atoms with Crippen molar-refractivity contribution < 1.29 is 18.7 Å². The van der Waals surface area contributed by atoms with E-state index in [2.05, 4.69) is 0 Å². The molecule has 1 unspecified atom stereocenters. The van der Waals surface area contributed by atoms with Crippen LogP contribution in [0.1, 0.15) is 42.0 Å². The van der Waals surface area contributed by atoms with E-state index in [4.69, 9.17) is 5.11 Å². The van der Waals surface area contributed by atoms with Gasteiger partial charge in [-0.1, -0.05) is 24.6 Å². The molecule has 0 spiro atoms. The molecule has 1 rings (SSSR count). The Labute approximate surface area is 112 Å². The molecule has 0 aliphatic carbocycles. The minimum absolute atomic E-state index is 0.0374. The molecule has 2 nitrogen and oxygen atoms in total. The summed E-state index contributed by atoms with van der Waals surface area (Å²) in [4.78, 5) is 10.6. The summed E-state index contributed by atoms with van der Waals surface area (Å²) in [6.45, 7) is 6.76. The van der Waals surface area contributed by atoms with E-state index in [-0.39, 0.29) is 12.0 Å². The average molecular weight is 270 g/mol. The van der Waals surface area contributed by atoms with Gasteiger partial charge in [-0.15, -0.1) is 0 Å². The molecule has 0 aliphatic rings. The van der Waals surface area contributed by atoms with E-state index < -0.39 is 24.2 Å². The van der Waals surface area contributed by atoms with Gasteiger partial charge in [-0.2, -0.15) is 0 Å². The number of aryl methyl sites for hydroxylation is 3. The maximum absolute atomic E-state index is 14.3. The highest BCUT2D eigenvalue weighted by molar-refractivity contribution is 5.66. The number of rotatable bonds is 5. The fourth-order valence-electron chi connectivity index (χ4n) is 2.67. The van der Waals surface area contributed by atoms with E-state index in [1.807, 2.05) is 6.92 Å². The lowest BCUT2D eigenvalue weighted by atomic mass is 9.89. The second kappa shape index (κ2) is 5.68. The Balaban J connectivity index is 3.03. The first-order valence-electron chi connectivity index (χ1n) is 6.31. The molecule has 0 heterocycles. The van der Waals surface area contributed by atoms with Crippen LogP contribution >= 0.6 is 0 Å². The summed E-state index contributed by atoms with van der Waals surface area (Å²) in [5.74, 6) is -4.59. The van der Waals surface area contributed by atoms with E-state index in [9.17, 15) is 13.6 Å². The second-order valence-electron chi connectivity index (χ2n) is 5.39. The van der Waals surface area contributed by atoms with Gasteiger partial charge in [0.05, 0.1) is 0 Å². The van der Waals surface area contributed by atoms with Gasteiger partial charge in [0.25, 0.3) is 5.92 Å². The maximum Gasteiger partial charge on any atom is 0.303 e. The zero-order valence-electron chi connectivity index (χ0n) is 11.8. The van der Waals surface area contributed by atoms with Gasteiger partial charge in [-0.05, 0) is 37.8 Å². The molecule has 0 radical (unpaired) electrons. The highest BCUT2D eigenvalue weighted by Crippen LogP contribution is 2.39. The van der Waals surface area contributed by atoms with Crippen LogP contribution in [0.3, 0.4) is 0 Å². The Bertz CT molecular complexity index is 458. The van der Waals surface area contributed by atoms with Crippen molar-refractivity contribution in [2.24, 2.45) is 5.92 Å². The third-order valence-electron chi connectivity index (χ3n) is 3.17. The normalized spacial score (nSPS) is 13.4. The molecule has 0 amide bonds. The molecule has 0 aliphatic heterocycles. The van der Waals surface area contributed by atoms with Gasteiger partial charge in [0, 0.05) is 18.4 Å². The Hall–Kier alpha value is -1.45. The summed E-state index contributed by atoms with van der Waals surface area (Å²) in [6, 6.07) is 3.47. The van der Waals surface area contributed by atoms with E-state index in [0.717, 1.165) is 5.56 Å². The van der Waals surface area contributed by atoms with Gasteiger partial charge < -0.3 is 5.11 Å². The van der Waals surface area contributed by atoms with E-state index >= 15 is 0 Å². The molecule has 4 heteroatoms. The van der Waals surface area contributed by atoms with Crippen LogP contribution < -0.4 is 0 Å². The Morgan fingerprint density at radius 3 is 2.16 bits per heavy atom. The second-order valence-corrected chi connectivity index (χ2v) is 5.39. The minimum Gasteiger partial charge on any atom is -0.481 e. The molecule has 1 aromatic carbocycles. The molecule has 1 atom stereocenters. The fraction of sp³-hybridized carbons (Fsp3) is 0.533. The summed E-state index contributed by atoms with van der Waals surface area (Å²) in [6.07, 6.45) is -0.677. The number of benzene rings is 1. The summed E-state index contributed by atoms with van der Waals surface area (Å²) in [5, 5.41) is 8.65. The number of aliphatic carboxylic acids is 1. The van der Waals surface area contributed by atoms with Gasteiger partial charge in [0.2, 0.25) is 0 Å². The highest BCUT2D eigenvalue weighted by atomic mass is 19.3. The van der Waals surface area contributed by atoms with Crippen LogP contribution in [0.25, 0.3) is 0 Å². The lowest BCUT2D eigenvalue weighted by molar-refractivity contribution is -0.138. The number of hydrogen-bond acceptors (Lipinski definition) is 1. The Kier molecular flexibility index (Phi) is 4.66. The minimum atomic E-state index is -2.99. The largest absolute Gasteiger partial charge is 0.481 e. The number of halogens is 2. The quantitative estimate of drug-likeness (QED) is 0.870. The summed E-state index contributed by atoms with van der Waals surface area (Å²) < 4.78 is 28.6. The zero-order chi connectivity index (χ0) is 14.8. The van der Waals surface area contributed by atoms with Crippen molar-refractivity contribution in [3.63, 3.8) is 0 Å². The Morgan fingerprint density at radius 1 is 1.26 bits per heavy atom. The lowest BCUT2D eigenvalue weighted by Crippen LogP contribution is -2.21. The summed E-state index contributed by atoms with van der Waals surface area (Å²) in [7, 11) is 0. The molecule has 1 N–H and O–H groups in total. The van der Waals surface area contributed by atoms with Crippen molar-refractivity contribution >= 4 is 5.97 Å². The van der Waals surface area contributed by atoms with Crippen LogP contribution in [0.5, 0.6) is 0 Å². The number of alkyl halides is 2. The SMILES string of the molecule is Cc1cc(C)c(C(F)(F)CC(C)CC(=O)O)c(C)c1. The molecular weight excluding hydrogens is 250 g/mol. The number of hydrogen-bond donors (Lipinski definition) is 1. The average Bonchev–Trinajstić information content (AvgIpc) is 2.10. The molecule has 0 fully saturated rings. The topological polar surface area (TPSA) is 37.3 Å². The van der Waals surface area contributed by atoms with E-state index in [1.165, 1.54) is 0 Å². The van der Waals surface area contributed by atoms with Crippen molar-refractivity contribution in [2.45, 2.75) is 46.5 Å². The smallest absolute Gasteiger partial charge is 0.303 e. The van der Waals surface area contributed by atoms with Crippen LogP contribution in [0, 0.1) is 26.7 Å². The maximum atomic E-state index is 14.3. The van der Waals surface area contributed by atoms with Crippen molar-refractivity contribution in [3.8, 4) is 0 Å². The first kappa shape index (κ1) is 15.6. The molecule has 1 aromatic rings. The highest BCUT2D eigenvalue weighted by Gasteiger charge is 2.36. The number of carboxylic acid groups (broad SMARTS) is 1. The summed E-state index contributed by atoms with van der Waals surface area (Å²) >= 11 is 0. The predicted octanol–water partition coefficient (Wildman–Crippen LogP) is 4.20. The first-order valence-corrected chi connectivity index (χ1v) is 6.31. The molecule has 106 valence electrons. The van der Waals surface area contributed by atoms with E-state index in [1.54, 1.807) is 32.9 Å². The number of carbonyl (C=O) groups is 1. The zero-order valence-corrected chi connectivity index (χ0v) is 11.8. The van der Waals surface area contributed by atoms with Crippen LogP contribution in [-0.2, 0) is 10.7 Å². The van der Waals surface area contributed by atoms with Crippen LogP contribution in [-0.4, -0.2) is 11.1 Å². The molecule has 0 saturated heterocycles. The first-order chi connectivity index (χ1) is 8.63. The third kappa shape index (κ3) is 4.01. The molecular formula is C15H20F2O2. The van der Waals surface area contributed by atoms with Crippen LogP contribution in [0.2, 0.25) is 0 Å². The Morgan fingerprint density at radius 2 is 1.74 bits per heavy atom. The predicted molar refractivity (Wildman–Crippen MR) is 70.6 cm³/mol. The van der Waals surface area contributed by atoms with Gasteiger partial charge in [0.1, 0.15) is 0 Å². The lowest BCUT2D eigenvalue weighted by Gasteiger charge is -2.24. The van der Waals surface area contributed by atoms with E-state index in [0.29, 0.717) is 11.1 Å². The van der Waals surface area contributed by atoms with Gasteiger partial charge in [-0.25, -0.2) is 8.78 Å². The van der Waals surface area contributed by atoms with Crippen molar-refractivity contribution in [1.82, 2.24) is 0 Å². The van der Waals surface area contributed by atoms with Gasteiger partial charge >= 0.3 is 5.97 Å². The van der Waals surface area contributed by atoms with Gasteiger partial charge in [0.15, 0.2) is 0 Å². The monoisotopic (exact) mass is 270 g/mol. The fourth-order valence-corrected chi connectivity index (χ4v) is 2.67. The third-order valence-corrected chi connectivity index (χ3v) is 3.17. The van der Waals surface area contributed by atoms with Crippen molar-refractivity contribution in [3.05, 3.63) is 34.4 Å². The number of carboxylic acids is 1. The van der Waals surface area contributed by atoms with Gasteiger partial charge in [-0.3, -0.25) is 4.79 Å².